The molecule has 0 fully saturated rings. The van der Waals surface area contributed by atoms with Crippen molar-refractivity contribution in [1.29, 1.82) is 0 Å². The highest BCUT2D eigenvalue weighted by Gasteiger charge is 2.18. The van der Waals surface area contributed by atoms with Gasteiger partial charge in [0.1, 0.15) is 11.6 Å². The fourth-order valence-electron chi connectivity index (χ4n) is 3.68. The summed E-state index contributed by atoms with van der Waals surface area (Å²) >= 11 is 6.20. The van der Waals surface area contributed by atoms with Crippen molar-refractivity contribution in [3.05, 3.63) is 93.3 Å². The van der Waals surface area contributed by atoms with Gasteiger partial charge in [0, 0.05) is 16.8 Å². The number of nitrogens with zero attached hydrogens (tertiary/aromatic N) is 4. The van der Waals surface area contributed by atoms with Crippen LogP contribution < -0.4 is 10.1 Å². The zero-order valence-electron chi connectivity index (χ0n) is 19.4. The van der Waals surface area contributed by atoms with Crippen molar-refractivity contribution in [1.82, 2.24) is 19.6 Å². The third-order valence-corrected chi connectivity index (χ3v) is 6.14. The van der Waals surface area contributed by atoms with Crippen molar-refractivity contribution in [3.8, 4) is 5.75 Å². The number of halogens is 2. The molecule has 9 heteroatoms. The lowest BCUT2D eigenvalue weighted by molar-refractivity contribution is 0.102. The number of benzene rings is 2. The molecular weight excluding hydrogens is 457 g/mol. The minimum absolute atomic E-state index is 0.145. The highest BCUT2D eigenvalue weighted by molar-refractivity contribution is 6.32. The minimum Gasteiger partial charge on any atom is -0.471 e. The maximum absolute atomic E-state index is 14.0. The Balaban J connectivity index is 1.43. The minimum atomic E-state index is -0.367. The van der Waals surface area contributed by atoms with E-state index in [-0.39, 0.29) is 30.7 Å². The van der Waals surface area contributed by atoms with Crippen LogP contribution in [0.25, 0.3) is 0 Å². The van der Waals surface area contributed by atoms with Crippen LogP contribution in [0.4, 0.5) is 10.1 Å². The van der Waals surface area contributed by atoms with Gasteiger partial charge in [-0.2, -0.15) is 10.2 Å². The van der Waals surface area contributed by atoms with E-state index in [1.54, 1.807) is 42.1 Å². The number of anilines is 1. The molecule has 0 saturated heterocycles. The lowest BCUT2D eigenvalue weighted by Gasteiger charge is -2.10. The molecule has 7 nitrogen and oxygen atoms in total. The summed E-state index contributed by atoms with van der Waals surface area (Å²) < 4.78 is 23.0. The highest BCUT2D eigenvalue weighted by atomic mass is 35.5. The number of carbonyl (C=O) groups excluding carboxylic acids is 1. The Morgan fingerprint density at radius 1 is 1.09 bits per heavy atom. The van der Waals surface area contributed by atoms with Gasteiger partial charge in [0.05, 0.1) is 23.6 Å². The van der Waals surface area contributed by atoms with Crippen molar-refractivity contribution in [3.63, 3.8) is 0 Å². The summed E-state index contributed by atoms with van der Waals surface area (Å²) in [5, 5.41) is 12.4. The average molecular weight is 482 g/mol. The second-order valence-corrected chi connectivity index (χ2v) is 8.51. The van der Waals surface area contributed by atoms with E-state index in [1.165, 1.54) is 10.7 Å². The number of amides is 1. The first-order chi connectivity index (χ1) is 16.2. The molecule has 34 heavy (non-hydrogen) atoms. The van der Waals surface area contributed by atoms with Crippen molar-refractivity contribution >= 4 is 23.2 Å². The van der Waals surface area contributed by atoms with E-state index in [0.717, 1.165) is 16.8 Å². The zero-order chi connectivity index (χ0) is 24.4. The van der Waals surface area contributed by atoms with Crippen LogP contribution in [0.1, 0.15) is 38.6 Å². The van der Waals surface area contributed by atoms with Crippen LogP contribution in [0.2, 0.25) is 5.02 Å². The topological polar surface area (TPSA) is 74.0 Å². The Morgan fingerprint density at radius 3 is 2.50 bits per heavy atom. The number of aryl methyl sites for hydroxylation is 3. The zero-order valence-corrected chi connectivity index (χ0v) is 20.2. The van der Waals surface area contributed by atoms with Gasteiger partial charge in [-0.3, -0.25) is 9.48 Å². The average Bonchev–Trinajstić information content (AvgIpc) is 3.38. The van der Waals surface area contributed by atoms with Gasteiger partial charge in [-0.25, -0.2) is 9.07 Å². The Bertz CT molecular complexity index is 1340. The van der Waals surface area contributed by atoms with Crippen LogP contribution in [0.3, 0.4) is 0 Å². The van der Waals surface area contributed by atoms with Gasteiger partial charge >= 0.3 is 0 Å². The molecule has 4 aromatic rings. The Hall–Kier alpha value is -3.65. The van der Waals surface area contributed by atoms with Crippen LogP contribution >= 0.6 is 11.6 Å². The van der Waals surface area contributed by atoms with E-state index >= 15 is 0 Å². The second kappa shape index (κ2) is 9.69. The number of aromatic nitrogens is 4. The van der Waals surface area contributed by atoms with Gasteiger partial charge in [-0.15, -0.1) is 0 Å². The standard InChI is InChI=1S/C25H25ClFN5O2/c1-15-11-20(12-16(2)23(15)26)34-14-31-10-9-22(30-31)25(33)28-24-17(3)29-32(18(24)4)13-19-7-5-6-8-21(19)27/h5-12H,13-14H2,1-4H3,(H,28,33). The quantitative estimate of drug-likeness (QED) is 0.381. The summed E-state index contributed by atoms with van der Waals surface area (Å²) in [5.41, 5.74) is 4.57. The normalized spacial score (nSPS) is 11.0. The largest absolute Gasteiger partial charge is 0.471 e. The summed E-state index contributed by atoms with van der Waals surface area (Å²) in [6.07, 6.45) is 1.67. The van der Waals surface area contributed by atoms with Gasteiger partial charge in [0.15, 0.2) is 12.4 Å². The number of ether oxygens (including phenoxy) is 1. The number of rotatable bonds is 7. The van der Waals surface area contributed by atoms with E-state index in [9.17, 15) is 9.18 Å². The summed E-state index contributed by atoms with van der Waals surface area (Å²) in [7, 11) is 0. The first-order valence-electron chi connectivity index (χ1n) is 10.7. The van der Waals surface area contributed by atoms with E-state index < -0.39 is 0 Å². The van der Waals surface area contributed by atoms with Crippen LogP contribution in [-0.2, 0) is 13.3 Å². The lowest BCUT2D eigenvalue weighted by Crippen LogP contribution is -2.15. The fraction of sp³-hybridized carbons (Fsp3) is 0.240. The number of hydrogen-bond donors (Lipinski definition) is 1. The predicted octanol–water partition coefficient (Wildman–Crippen LogP) is 5.44. The Morgan fingerprint density at radius 2 is 1.79 bits per heavy atom. The maximum atomic E-state index is 14.0. The molecule has 2 aromatic heterocycles. The van der Waals surface area contributed by atoms with Gasteiger partial charge in [-0.1, -0.05) is 29.8 Å². The molecule has 2 heterocycles. The van der Waals surface area contributed by atoms with Crippen LogP contribution in [0.15, 0.2) is 48.7 Å². The Labute approximate surface area is 202 Å². The molecule has 0 radical (unpaired) electrons. The number of carbonyl (C=O) groups is 1. The van der Waals surface area contributed by atoms with E-state index in [1.807, 2.05) is 32.9 Å². The van der Waals surface area contributed by atoms with Crippen molar-refractivity contribution in [2.45, 2.75) is 41.0 Å². The molecule has 0 aliphatic rings. The third-order valence-electron chi connectivity index (χ3n) is 5.54. The molecule has 0 aliphatic carbocycles. The van der Waals surface area contributed by atoms with Crippen LogP contribution in [0.5, 0.6) is 5.75 Å². The summed E-state index contributed by atoms with van der Waals surface area (Å²) in [5.74, 6) is 0.0142. The summed E-state index contributed by atoms with van der Waals surface area (Å²) in [6, 6.07) is 11.9. The molecule has 4 rings (SSSR count). The molecule has 0 bridgehead atoms. The van der Waals surface area contributed by atoms with Crippen molar-refractivity contribution in [2.24, 2.45) is 0 Å². The maximum Gasteiger partial charge on any atom is 0.276 e. The van der Waals surface area contributed by atoms with Gasteiger partial charge in [0.2, 0.25) is 0 Å². The highest BCUT2D eigenvalue weighted by Crippen LogP contribution is 2.26. The molecule has 0 aliphatic heterocycles. The lowest BCUT2D eigenvalue weighted by atomic mass is 10.1. The van der Waals surface area contributed by atoms with E-state index in [0.29, 0.717) is 27.7 Å². The fourth-order valence-corrected chi connectivity index (χ4v) is 3.79. The van der Waals surface area contributed by atoms with Gasteiger partial charge in [0.25, 0.3) is 5.91 Å². The SMILES string of the molecule is Cc1cc(OCn2ccc(C(=O)Nc3c(C)nn(Cc4ccccc4F)c3C)n2)cc(C)c1Cl. The van der Waals surface area contributed by atoms with Gasteiger partial charge in [-0.05, 0) is 63.1 Å². The monoisotopic (exact) mass is 481 g/mol. The third kappa shape index (κ3) is 4.97. The molecule has 1 N–H and O–H groups in total. The number of hydrogen-bond acceptors (Lipinski definition) is 4. The molecule has 1 amide bonds. The molecule has 2 aromatic carbocycles. The van der Waals surface area contributed by atoms with Crippen LogP contribution in [0, 0.1) is 33.5 Å². The van der Waals surface area contributed by atoms with Gasteiger partial charge < -0.3 is 10.1 Å². The summed E-state index contributed by atoms with van der Waals surface area (Å²) in [4.78, 5) is 12.8. The van der Waals surface area contributed by atoms with Crippen molar-refractivity contribution in [2.75, 3.05) is 5.32 Å². The summed E-state index contributed by atoms with van der Waals surface area (Å²) in [6.45, 7) is 7.88. The Kier molecular flexibility index (Phi) is 6.70. The first kappa shape index (κ1) is 23.5. The van der Waals surface area contributed by atoms with E-state index in [4.69, 9.17) is 16.3 Å². The smallest absolute Gasteiger partial charge is 0.276 e. The van der Waals surface area contributed by atoms with Crippen LogP contribution in [-0.4, -0.2) is 25.5 Å². The predicted molar refractivity (Wildman–Crippen MR) is 129 cm³/mol. The van der Waals surface area contributed by atoms with E-state index in [2.05, 4.69) is 15.5 Å². The molecule has 0 unspecified atom stereocenters. The molecule has 176 valence electrons. The molecule has 0 saturated carbocycles. The second-order valence-electron chi connectivity index (χ2n) is 8.13. The number of nitrogens with one attached hydrogen (secondary N) is 1. The molecular formula is C25H25ClFN5O2. The first-order valence-corrected chi connectivity index (χ1v) is 11.1. The molecule has 0 spiro atoms. The van der Waals surface area contributed by atoms with Crippen molar-refractivity contribution < 1.29 is 13.9 Å². The molecule has 0 atom stereocenters.